The highest BCUT2D eigenvalue weighted by Crippen LogP contribution is 2.27. The largest absolute Gasteiger partial charge is 0.276 e. The summed E-state index contributed by atoms with van der Waals surface area (Å²) in [5.74, 6) is 5.64. The van der Waals surface area contributed by atoms with Crippen molar-refractivity contribution in [3.63, 3.8) is 0 Å². The van der Waals surface area contributed by atoms with Crippen LogP contribution in [0.2, 0.25) is 5.02 Å². The van der Waals surface area contributed by atoms with E-state index in [4.69, 9.17) is 17.4 Å². The molecule has 1 atom stereocenters. The van der Waals surface area contributed by atoms with Crippen molar-refractivity contribution in [1.82, 2.24) is 15.2 Å². The van der Waals surface area contributed by atoms with E-state index >= 15 is 0 Å². The summed E-state index contributed by atoms with van der Waals surface area (Å²) < 4.78 is 2.69. The minimum Gasteiger partial charge on any atom is -0.276 e. The van der Waals surface area contributed by atoms with Gasteiger partial charge in [0.25, 0.3) is 0 Å². The first-order valence-corrected chi connectivity index (χ1v) is 7.16. The van der Waals surface area contributed by atoms with E-state index in [1.807, 2.05) is 37.6 Å². The van der Waals surface area contributed by atoms with Crippen molar-refractivity contribution in [2.24, 2.45) is 12.9 Å². The van der Waals surface area contributed by atoms with Gasteiger partial charge in [-0.2, -0.15) is 5.10 Å². The molecule has 0 bridgehead atoms. The average Bonchev–Trinajstić information content (AvgIpc) is 2.80. The second kappa shape index (κ2) is 6.52. The molecule has 102 valence electrons. The van der Waals surface area contributed by atoms with Crippen molar-refractivity contribution in [2.45, 2.75) is 18.9 Å². The molecule has 0 fully saturated rings. The van der Waals surface area contributed by atoms with E-state index in [9.17, 15) is 0 Å². The normalized spacial score (nSPS) is 12.6. The fourth-order valence-corrected chi connectivity index (χ4v) is 2.42. The molecule has 6 heteroatoms. The zero-order valence-electron chi connectivity index (χ0n) is 10.6. The van der Waals surface area contributed by atoms with Crippen LogP contribution in [-0.2, 0) is 13.5 Å². The van der Waals surface area contributed by atoms with Gasteiger partial charge in [-0.25, -0.2) is 0 Å². The van der Waals surface area contributed by atoms with Crippen molar-refractivity contribution in [2.75, 3.05) is 0 Å². The number of aryl methyl sites for hydroxylation is 2. The quantitative estimate of drug-likeness (QED) is 0.648. The van der Waals surface area contributed by atoms with Gasteiger partial charge in [-0.1, -0.05) is 17.7 Å². The number of nitrogens with two attached hydrogens (primary N) is 1. The number of aromatic nitrogens is 2. The Kier molecular flexibility index (Phi) is 4.99. The molecule has 0 saturated heterocycles. The summed E-state index contributed by atoms with van der Waals surface area (Å²) in [6, 6.07) is 5.96. The van der Waals surface area contributed by atoms with Gasteiger partial charge in [0.2, 0.25) is 0 Å². The Bertz CT molecular complexity index is 555. The Morgan fingerprint density at radius 3 is 2.89 bits per heavy atom. The first kappa shape index (κ1) is 14.5. The average molecular weight is 344 g/mol. The van der Waals surface area contributed by atoms with E-state index in [1.54, 1.807) is 4.68 Å². The van der Waals surface area contributed by atoms with E-state index in [-0.39, 0.29) is 6.04 Å². The van der Waals surface area contributed by atoms with E-state index in [0.29, 0.717) is 5.02 Å². The summed E-state index contributed by atoms with van der Waals surface area (Å²) in [6.45, 7) is 0. The summed E-state index contributed by atoms with van der Waals surface area (Å²) in [5, 5.41) is 4.85. The molecule has 19 heavy (non-hydrogen) atoms. The van der Waals surface area contributed by atoms with Gasteiger partial charge in [-0.3, -0.25) is 16.0 Å². The van der Waals surface area contributed by atoms with Crippen molar-refractivity contribution in [1.29, 1.82) is 0 Å². The second-order valence-corrected chi connectivity index (χ2v) is 5.72. The molecule has 0 radical (unpaired) electrons. The van der Waals surface area contributed by atoms with Crippen molar-refractivity contribution < 1.29 is 0 Å². The molecule has 1 unspecified atom stereocenters. The topological polar surface area (TPSA) is 55.9 Å². The number of hydrogen-bond acceptors (Lipinski definition) is 3. The fourth-order valence-electron chi connectivity index (χ4n) is 1.99. The number of hydrogen-bond donors (Lipinski definition) is 2. The summed E-state index contributed by atoms with van der Waals surface area (Å²) in [5.41, 5.74) is 5.12. The van der Waals surface area contributed by atoms with E-state index in [0.717, 1.165) is 22.9 Å². The van der Waals surface area contributed by atoms with Gasteiger partial charge in [0.1, 0.15) is 0 Å². The van der Waals surface area contributed by atoms with Crippen LogP contribution < -0.4 is 11.3 Å². The van der Waals surface area contributed by atoms with E-state index in [2.05, 4.69) is 26.5 Å². The van der Waals surface area contributed by atoms with Gasteiger partial charge in [-0.05, 0) is 52.0 Å². The van der Waals surface area contributed by atoms with Crippen LogP contribution in [0.15, 0.2) is 35.1 Å². The molecule has 0 aliphatic carbocycles. The maximum atomic E-state index is 6.11. The van der Waals surface area contributed by atoms with Crippen LogP contribution in [0.5, 0.6) is 0 Å². The molecule has 1 aromatic heterocycles. The number of benzene rings is 1. The summed E-state index contributed by atoms with van der Waals surface area (Å²) in [7, 11) is 1.91. The predicted octanol–water partition coefficient (Wildman–Crippen LogP) is 2.97. The first-order chi connectivity index (χ1) is 9.10. The standard InChI is InChI=1S/C13H16BrClN4/c1-19-8-9(7-17-19)2-5-13(18-16)10-3-4-11(14)12(15)6-10/h3-4,6-8,13,18H,2,5,16H2,1H3. The molecule has 1 aromatic carbocycles. The zero-order chi connectivity index (χ0) is 13.8. The molecule has 2 rings (SSSR count). The molecule has 0 amide bonds. The van der Waals surface area contributed by atoms with Crippen LogP contribution in [0.3, 0.4) is 0 Å². The molecule has 0 saturated carbocycles. The third-order valence-corrected chi connectivity index (χ3v) is 4.26. The van der Waals surface area contributed by atoms with E-state index in [1.165, 1.54) is 5.56 Å². The Labute approximate surface area is 126 Å². The lowest BCUT2D eigenvalue weighted by molar-refractivity contribution is 0.516. The third-order valence-electron chi connectivity index (χ3n) is 3.03. The summed E-state index contributed by atoms with van der Waals surface area (Å²) in [4.78, 5) is 0. The van der Waals surface area contributed by atoms with Gasteiger partial charge in [0.05, 0.1) is 11.2 Å². The number of rotatable bonds is 5. The number of hydrazine groups is 1. The smallest absolute Gasteiger partial charge is 0.0551 e. The lowest BCUT2D eigenvalue weighted by atomic mass is 10.0. The minimum atomic E-state index is 0.0748. The van der Waals surface area contributed by atoms with Crippen LogP contribution in [0, 0.1) is 0 Å². The molecular formula is C13H16BrClN4. The van der Waals surface area contributed by atoms with Crippen LogP contribution in [0.25, 0.3) is 0 Å². The molecule has 1 heterocycles. The minimum absolute atomic E-state index is 0.0748. The lowest BCUT2D eigenvalue weighted by Crippen LogP contribution is -2.28. The number of nitrogens with zero attached hydrogens (tertiary/aromatic N) is 2. The highest BCUT2D eigenvalue weighted by Gasteiger charge is 2.11. The van der Waals surface area contributed by atoms with Crippen molar-refractivity contribution in [3.8, 4) is 0 Å². The molecule has 2 aromatic rings. The first-order valence-electron chi connectivity index (χ1n) is 5.98. The summed E-state index contributed by atoms with van der Waals surface area (Å²) >= 11 is 9.49. The van der Waals surface area contributed by atoms with Crippen LogP contribution in [0.1, 0.15) is 23.6 Å². The maximum absolute atomic E-state index is 6.11. The van der Waals surface area contributed by atoms with Crippen LogP contribution in [-0.4, -0.2) is 9.78 Å². The van der Waals surface area contributed by atoms with Crippen molar-refractivity contribution in [3.05, 3.63) is 51.2 Å². The number of halogens is 2. The Morgan fingerprint density at radius 1 is 1.53 bits per heavy atom. The predicted molar refractivity (Wildman–Crippen MR) is 80.7 cm³/mol. The monoisotopic (exact) mass is 342 g/mol. The van der Waals surface area contributed by atoms with Gasteiger partial charge in [0.15, 0.2) is 0 Å². The van der Waals surface area contributed by atoms with Crippen LogP contribution >= 0.6 is 27.5 Å². The molecule has 0 aliphatic rings. The van der Waals surface area contributed by atoms with Crippen LogP contribution in [0.4, 0.5) is 0 Å². The third kappa shape index (κ3) is 3.79. The lowest BCUT2D eigenvalue weighted by Gasteiger charge is -2.16. The highest BCUT2D eigenvalue weighted by atomic mass is 79.9. The van der Waals surface area contributed by atoms with Crippen molar-refractivity contribution >= 4 is 27.5 Å². The Hall–Kier alpha value is -0.880. The Balaban J connectivity index is 2.05. The molecule has 4 nitrogen and oxygen atoms in total. The van der Waals surface area contributed by atoms with Gasteiger partial charge < -0.3 is 0 Å². The van der Waals surface area contributed by atoms with Gasteiger partial charge >= 0.3 is 0 Å². The molecule has 3 N–H and O–H groups in total. The highest BCUT2D eigenvalue weighted by molar-refractivity contribution is 9.10. The molecule has 0 aliphatic heterocycles. The Morgan fingerprint density at radius 2 is 2.32 bits per heavy atom. The second-order valence-electron chi connectivity index (χ2n) is 4.45. The summed E-state index contributed by atoms with van der Waals surface area (Å²) in [6.07, 6.45) is 5.70. The van der Waals surface area contributed by atoms with E-state index < -0.39 is 0 Å². The van der Waals surface area contributed by atoms with Gasteiger partial charge in [0, 0.05) is 23.8 Å². The molecule has 0 spiro atoms. The molecular weight excluding hydrogens is 328 g/mol. The zero-order valence-corrected chi connectivity index (χ0v) is 12.9. The number of nitrogens with one attached hydrogen (secondary N) is 1. The van der Waals surface area contributed by atoms with Gasteiger partial charge in [-0.15, -0.1) is 0 Å². The SMILES string of the molecule is Cn1cc(CCC(NN)c2ccc(Br)c(Cl)c2)cn1. The maximum Gasteiger partial charge on any atom is 0.0551 e. The fraction of sp³-hybridized carbons (Fsp3) is 0.308.